The molecule has 0 radical (unpaired) electrons. The van der Waals surface area contributed by atoms with Crippen LogP contribution < -0.4 is 0 Å². The lowest BCUT2D eigenvalue weighted by molar-refractivity contribution is 0.0480. The SMILES string of the molecule is CCOC(=O)c1cc(-c2nccc3ccccc23)no1. The number of ether oxygens (including phenoxy) is 1. The molecule has 0 N–H and O–H groups in total. The van der Waals surface area contributed by atoms with Gasteiger partial charge in [0.25, 0.3) is 0 Å². The summed E-state index contributed by atoms with van der Waals surface area (Å²) in [6.07, 6.45) is 1.70. The molecule has 5 nitrogen and oxygen atoms in total. The van der Waals surface area contributed by atoms with E-state index in [9.17, 15) is 4.79 Å². The number of esters is 1. The van der Waals surface area contributed by atoms with Crippen molar-refractivity contribution in [2.45, 2.75) is 6.92 Å². The van der Waals surface area contributed by atoms with E-state index in [0.29, 0.717) is 18.0 Å². The van der Waals surface area contributed by atoms with Gasteiger partial charge in [0, 0.05) is 17.6 Å². The van der Waals surface area contributed by atoms with Crippen LogP contribution in [-0.4, -0.2) is 22.7 Å². The van der Waals surface area contributed by atoms with E-state index in [4.69, 9.17) is 9.26 Å². The molecule has 0 spiro atoms. The number of nitrogens with zero attached hydrogens (tertiary/aromatic N) is 2. The Morgan fingerprint density at radius 2 is 2.15 bits per heavy atom. The van der Waals surface area contributed by atoms with Crippen LogP contribution in [0.2, 0.25) is 0 Å². The van der Waals surface area contributed by atoms with Crippen LogP contribution in [0.15, 0.2) is 47.1 Å². The average Bonchev–Trinajstić information content (AvgIpc) is 2.97. The number of fused-ring (bicyclic) bond motifs is 1. The van der Waals surface area contributed by atoms with Crippen LogP contribution in [0.5, 0.6) is 0 Å². The Morgan fingerprint density at radius 3 is 3.00 bits per heavy atom. The fourth-order valence-corrected chi connectivity index (χ4v) is 2.01. The van der Waals surface area contributed by atoms with Gasteiger partial charge in [-0.15, -0.1) is 0 Å². The number of hydrogen-bond acceptors (Lipinski definition) is 5. The molecule has 20 heavy (non-hydrogen) atoms. The van der Waals surface area contributed by atoms with E-state index in [1.54, 1.807) is 19.2 Å². The van der Waals surface area contributed by atoms with E-state index in [0.717, 1.165) is 10.8 Å². The Balaban J connectivity index is 2.06. The first-order valence-electron chi connectivity index (χ1n) is 6.27. The van der Waals surface area contributed by atoms with Gasteiger partial charge in [-0.2, -0.15) is 0 Å². The van der Waals surface area contributed by atoms with Gasteiger partial charge in [0.05, 0.1) is 12.3 Å². The first-order valence-corrected chi connectivity index (χ1v) is 6.27. The minimum Gasteiger partial charge on any atom is -0.460 e. The fourth-order valence-electron chi connectivity index (χ4n) is 2.01. The van der Waals surface area contributed by atoms with Gasteiger partial charge in [-0.1, -0.05) is 29.4 Å². The summed E-state index contributed by atoms with van der Waals surface area (Å²) in [4.78, 5) is 15.9. The molecule has 0 aliphatic carbocycles. The standard InChI is InChI=1S/C15H12N2O3/c1-2-19-15(18)13-9-12(17-20-13)14-11-6-4-3-5-10(11)7-8-16-14/h3-9H,2H2,1H3. The number of aromatic nitrogens is 2. The van der Waals surface area contributed by atoms with Crippen molar-refractivity contribution in [3.63, 3.8) is 0 Å². The van der Waals surface area contributed by atoms with Crippen molar-refractivity contribution >= 4 is 16.7 Å². The van der Waals surface area contributed by atoms with Crippen LogP contribution in [0.25, 0.3) is 22.2 Å². The van der Waals surface area contributed by atoms with Crippen molar-refractivity contribution in [1.29, 1.82) is 0 Å². The maximum atomic E-state index is 11.6. The zero-order valence-electron chi connectivity index (χ0n) is 10.9. The Hall–Kier alpha value is -2.69. The van der Waals surface area contributed by atoms with Crippen molar-refractivity contribution in [3.8, 4) is 11.4 Å². The number of rotatable bonds is 3. The molecule has 0 fully saturated rings. The summed E-state index contributed by atoms with van der Waals surface area (Å²) in [6.45, 7) is 2.03. The lowest BCUT2D eigenvalue weighted by atomic mass is 10.1. The molecule has 3 rings (SSSR count). The van der Waals surface area contributed by atoms with Gasteiger partial charge < -0.3 is 9.26 Å². The number of hydrogen-bond donors (Lipinski definition) is 0. The van der Waals surface area contributed by atoms with E-state index < -0.39 is 5.97 Å². The normalized spacial score (nSPS) is 10.7. The smallest absolute Gasteiger partial charge is 0.377 e. The third-order valence-corrected chi connectivity index (χ3v) is 2.90. The molecular weight excluding hydrogens is 256 g/mol. The summed E-state index contributed by atoms with van der Waals surface area (Å²) in [5.74, 6) is -0.442. The lowest BCUT2D eigenvalue weighted by Crippen LogP contribution is -2.02. The van der Waals surface area contributed by atoms with Crippen LogP contribution in [0.1, 0.15) is 17.5 Å². The largest absolute Gasteiger partial charge is 0.460 e. The van der Waals surface area contributed by atoms with Gasteiger partial charge in [-0.25, -0.2) is 4.79 Å². The fraction of sp³-hybridized carbons (Fsp3) is 0.133. The highest BCUT2D eigenvalue weighted by molar-refractivity contribution is 5.95. The first kappa shape index (κ1) is 12.3. The van der Waals surface area contributed by atoms with E-state index >= 15 is 0 Å². The molecule has 2 heterocycles. The van der Waals surface area contributed by atoms with Crippen molar-refractivity contribution < 1.29 is 14.1 Å². The van der Waals surface area contributed by atoms with Crippen molar-refractivity contribution in [1.82, 2.24) is 10.1 Å². The first-order chi connectivity index (χ1) is 9.79. The Kier molecular flexibility index (Phi) is 3.16. The summed E-state index contributed by atoms with van der Waals surface area (Å²) in [5.41, 5.74) is 1.20. The Morgan fingerprint density at radius 1 is 1.30 bits per heavy atom. The molecule has 0 atom stereocenters. The molecule has 0 unspecified atom stereocenters. The Bertz CT molecular complexity index is 759. The molecule has 3 aromatic rings. The van der Waals surface area contributed by atoms with Crippen LogP contribution >= 0.6 is 0 Å². The molecule has 2 aromatic heterocycles. The van der Waals surface area contributed by atoms with Crippen LogP contribution in [0, 0.1) is 0 Å². The van der Waals surface area contributed by atoms with Gasteiger partial charge >= 0.3 is 5.97 Å². The summed E-state index contributed by atoms with van der Waals surface area (Å²) >= 11 is 0. The summed E-state index contributed by atoms with van der Waals surface area (Å²) in [5, 5.41) is 5.91. The summed E-state index contributed by atoms with van der Waals surface area (Å²) in [7, 11) is 0. The maximum Gasteiger partial charge on any atom is 0.377 e. The highest BCUT2D eigenvalue weighted by Gasteiger charge is 2.16. The minimum absolute atomic E-state index is 0.0802. The van der Waals surface area contributed by atoms with Crippen LogP contribution in [0.4, 0.5) is 0 Å². The topological polar surface area (TPSA) is 65.2 Å². The van der Waals surface area contributed by atoms with E-state index in [2.05, 4.69) is 10.1 Å². The van der Waals surface area contributed by atoms with Crippen LogP contribution in [0.3, 0.4) is 0 Å². The molecule has 0 aliphatic heterocycles. The average molecular weight is 268 g/mol. The molecule has 0 saturated carbocycles. The summed E-state index contributed by atoms with van der Waals surface area (Å²) in [6, 6.07) is 11.3. The third-order valence-electron chi connectivity index (χ3n) is 2.90. The van der Waals surface area contributed by atoms with Gasteiger partial charge in [-0.05, 0) is 18.4 Å². The van der Waals surface area contributed by atoms with Gasteiger partial charge in [0.2, 0.25) is 5.76 Å². The van der Waals surface area contributed by atoms with Crippen LogP contribution in [-0.2, 0) is 4.74 Å². The maximum absolute atomic E-state index is 11.6. The zero-order valence-corrected chi connectivity index (χ0v) is 10.9. The predicted molar refractivity (Wildman–Crippen MR) is 73.2 cm³/mol. The Labute approximate surface area is 115 Å². The molecular formula is C15H12N2O3. The summed E-state index contributed by atoms with van der Waals surface area (Å²) < 4.78 is 9.89. The molecule has 5 heteroatoms. The van der Waals surface area contributed by atoms with Gasteiger partial charge in [0.1, 0.15) is 5.69 Å². The lowest BCUT2D eigenvalue weighted by Gasteiger charge is -2.01. The van der Waals surface area contributed by atoms with Crippen molar-refractivity contribution in [3.05, 3.63) is 48.4 Å². The molecule has 0 amide bonds. The van der Waals surface area contributed by atoms with Crippen molar-refractivity contribution in [2.24, 2.45) is 0 Å². The number of carbonyl (C=O) groups excluding carboxylic acids is 1. The monoisotopic (exact) mass is 268 g/mol. The van der Waals surface area contributed by atoms with E-state index in [-0.39, 0.29) is 5.76 Å². The number of pyridine rings is 1. The third kappa shape index (κ3) is 2.14. The second-order valence-electron chi connectivity index (χ2n) is 4.18. The second-order valence-corrected chi connectivity index (χ2v) is 4.18. The molecule has 0 saturated heterocycles. The molecule has 0 bridgehead atoms. The predicted octanol–water partition coefficient (Wildman–Crippen LogP) is 3.07. The highest BCUT2D eigenvalue weighted by Crippen LogP contribution is 2.26. The zero-order chi connectivity index (χ0) is 13.9. The number of benzene rings is 1. The van der Waals surface area contributed by atoms with E-state index in [1.165, 1.54) is 0 Å². The number of carbonyl (C=O) groups is 1. The highest BCUT2D eigenvalue weighted by atomic mass is 16.6. The van der Waals surface area contributed by atoms with E-state index in [1.807, 2.05) is 30.3 Å². The minimum atomic E-state index is -0.522. The van der Waals surface area contributed by atoms with Gasteiger partial charge in [-0.3, -0.25) is 4.98 Å². The molecule has 1 aromatic carbocycles. The molecule has 100 valence electrons. The quantitative estimate of drug-likeness (QED) is 0.683. The van der Waals surface area contributed by atoms with Crippen molar-refractivity contribution in [2.75, 3.05) is 6.61 Å². The second kappa shape index (κ2) is 5.13. The van der Waals surface area contributed by atoms with Gasteiger partial charge in [0.15, 0.2) is 0 Å². The molecule has 0 aliphatic rings.